The van der Waals surface area contributed by atoms with Crippen molar-refractivity contribution in [2.75, 3.05) is 19.8 Å². The van der Waals surface area contributed by atoms with Crippen LogP contribution in [0.5, 0.6) is 11.5 Å². The Balaban J connectivity index is 1.66. The van der Waals surface area contributed by atoms with Crippen LogP contribution in [0, 0.1) is 13.8 Å². The van der Waals surface area contributed by atoms with Gasteiger partial charge in [-0.3, -0.25) is 4.79 Å². The highest BCUT2D eigenvalue weighted by Crippen LogP contribution is 2.18. The molecule has 0 fully saturated rings. The summed E-state index contributed by atoms with van der Waals surface area (Å²) < 4.78 is 11.2. The van der Waals surface area contributed by atoms with Crippen LogP contribution in [0.15, 0.2) is 42.5 Å². The molecule has 0 heterocycles. The number of hydrogen-bond donors (Lipinski definition) is 1. The van der Waals surface area contributed by atoms with E-state index in [1.54, 1.807) is 0 Å². The van der Waals surface area contributed by atoms with Gasteiger partial charge in [-0.2, -0.15) is 0 Å². The first-order valence-corrected chi connectivity index (χ1v) is 8.27. The Hall–Kier alpha value is -2.49. The molecule has 1 N–H and O–H groups in total. The normalized spacial score (nSPS) is 10.3. The van der Waals surface area contributed by atoms with Crippen LogP contribution in [0.1, 0.15) is 23.6 Å². The second kappa shape index (κ2) is 8.96. The summed E-state index contributed by atoms with van der Waals surface area (Å²) in [6, 6.07) is 13.9. The third-order valence-corrected chi connectivity index (χ3v) is 3.73. The van der Waals surface area contributed by atoms with E-state index >= 15 is 0 Å². The standard InChI is InChI=1S/C20H25NO3/c1-4-17-7-9-18(10-8-17)24-14-20(22)21-11-12-23-19-13-15(2)5-6-16(19)3/h5-10,13H,4,11-12,14H2,1-3H3,(H,21,22). The van der Waals surface area contributed by atoms with E-state index in [1.807, 2.05) is 56.3 Å². The fourth-order valence-electron chi connectivity index (χ4n) is 2.24. The topological polar surface area (TPSA) is 47.6 Å². The number of aryl methyl sites for hydroxylation is 3. The van der Waals surface area contributed by atoms with Crippen LogP contribution >= 0.6 is 0 Å². The summed E-state index contributed by atoms with van der Waals surface area (Å²) in [5.41, 5.74) is 3.49. The van der Waals surface area contributed by atoms with Crippen molar-refractivity contribution in [2.24, 2.45) is 0 Å². The van der Waals surface area contributed by atoms with Crippen molar-refractivity contribution in [3.05, 3.63) is 59.2 Å². The highest BCUT2D eigenvalue weighted by Gasteiger charge is 2.04. The fourth-order valence-corrected chi connectivity index (χ4v) is 2.24. The lowest BCUT2D eigenvalue weighted by Gasteiger charge is -2.11. The Morgan fingerprint density at radius 3 is 2.50 bits per heavy atom. The van der Waals surface area contributed by atoms with Gasteiger partial charge >= 0.3 is 0 Å². The third kappa shape index (κ3) is 5.61. The zero-order valence-electron chi connectivity index (χ0n) is 14.6. The van der Waals surface area contributed by atoms with Crippen molar-refractivity contribution in [1.82, 2.24) is 5.32 Å². The maximum absolute atomic E-state index is 11.8. The maximum atomic E-state index is 11.8. The minimum Gasteiger partial charge on any atom is -0.491 e. The summed E-state index contributed by atoms with van der Waals surface area (Å²) in [7, 11) is 0. The predicted octanol–water partition coefficient (Wildman–Crippen LogP) is 3.44. The summed E-state index contributed by atoms with van der Waals surface area (Å²) in [5.74, 6) is 1.41. The van der Waals surface area contributed by atoms with Crippen LogP contribution in [0.2, 0.25) is 0 Å². The van der Waals surface area contributed by atoms with Crippen LogP contribution in [-0.4, -0.2) is 25.7 Å². The van der Waals surface area contributed by atoms with E-state index in [4.69, 9.17) is 9.47 Å². The van der Waals surface area contributed by atoms with E-state index < -0.39 is 0 Å². The van der Waals surface area contributed by atoms with Gasteiger partial charge in [0, 0.05) is 0 Å². The summed E-state index contributed by atoms with van der Waals surface area (Å²) in [5, 5.41) is 2.79. The van der Waals surface area contributed by atoms with E-state index in [9.17, 15) is 4.79 Å². The van der Waals surface area contributed by atoms with Gasteiger partial charge in [0.05, 0.1) is 6.54 Å². The molecule has 1 amide bonds. The quantitative estimate of drug-likeness (QED) is 0.756. The number of hydrogen-bond acceptors (Lipinski definition) is 3. The molecule has 4 heteroatoms. The monoisotopic (exact) mass is 327 g/mol. The first-order valence-electron chi connectivity index (χ1n) is 8.27. The highest BCUT2D eigenvalue weighted by atomic mass is 16.5. The van der Waals surface area contributed by atoms with Crippen molar-refractivity contribution in [3.63, 3.8) is 0 Å². The van der Waals surface area contributed by atoms with Gasteiger partial charge in [-0.25, -0.2) is 0 Å². The van der Waals surface area contributed by atoms with E-state index in [0.717, 1.165) is 23.3 Å². The Morgan fingerprint density at radius 2 is 1.79 bits per heavy atom. The molecule has 0 saturated carbocycles. The lowest BCUT2D eigenvalue weighted by Crippen LogP contribution is -2.32. The van der Waals surface area contributed by atoms with Gasteiger partial charge in [0.1, 0.15) is 18.1 Å². The predicted molar refractivity (Wildman–Crippen MR) is 95.7 cm³/mol. The van der Waals surface area contributed by atoms with Crippen LogP contribution in [-0.2, 0) is 11.2 Å². The molecule has 24 heavy (non-hydrogen) atoms. The molecule has 128 valence electrons. The van der Waals surface area contributed by atoms with E-state index in [-0.39, 0.29) is 12.5 Å². The summed E-state index contributed by atoms with van der Waals surface area (Å²) in [6.45, 7) is 7.02. The second-order valence-corrected chi connectivity index (χ2v) is 5.75. The molecule has 4 nitrogen and oxygen atoms in total. The number of benzene rings is 2. The summed E-state index contributed by atoms with van der Waals surface area (Å²) in [6.07, 6.45) is 0.987. The number of carbonyl (C=O) groups excluding carboxylic acids is 1. The molecule has 2 rings (SSSR count). The van der Waals surface area contributed by atoms with Gasteiger partial charge in [0.2, 0.25) is 0 Å². The molecule has 2 aromatic carbocycles. The van der Waals surface area contributed by atoms with Gasteiger partial charge in [-0.15, -0.1) is 0 Å². The zero-order valence-corrected chi connectivity index (χ0v) is 14.6. The van der Waals surface area contributed by atoms with Crippen molar-refractivity contribution >= 4 is 5.91 Å². The Labute approximate surface area is 143 Å². The minimum absolute atomic E-state index is 0.00887. The van der Waals surface area contributed by atoms with Gasteiger partial charge in [-0.1, -0.05) is 31.2 Å². The Morgan fingerprint density at radius 1 is 1.04 bits per heavy atom. The van der Waals surface area contributed by atoms with Crippen molar-refractivity contribution in [3.8, 4) is 11.5 Å². The summed E-state index contributed by atoms with van der Waals surface area (Å²) >= 11 is 0. The van der Waals surface area contributed by atoms with Crippen molar-refractivity contribution < 1.29 is 14.3 Å². The first kappa shape index (κ1) is 17.9. The number of amides is 1. The number of ether oxygens (including phenoxy) is 2. The largest absolute Gasteiger partial charge is 0.491 e. The molecule has 0 aliphatic heterocycles. The number of nitrogens with one attached hydrogen (secondary N) is 1. The lowest BCUT2D eigenvalue weighted by molar-refractivity contribution is -0.123. The van der Waals surface area contributed by atoms with Crippen LogP contribution in [0.4, 0.5) is 0 Å². The molecule has 0 unspecified atom stereocenters. The van der Waals surface area contributed by atoms with Crippen LogP contribution in [0.25, 0.3) is 0 Å². The molecule has 0 atom stereocenters. The number of rotatable bonds is 8. The fraction of sp³-hybridized carbons (Fsp3) is 0.350. The molecule has 2 aromatic rings. The molecule has 0 radical (unpaired) electrons. The second-order valence-electron chi connectivity index (χ2n) is 5.75. The average Bonchev–Trinajstić information content (AvgIpc) is 2.60. The van der Waals surface area contributed by atoms with Crippen LogP contribution in [0.3, 0.4) is 0 Å². The Bertz CT molecular complexity index is 665. The average molecular weight is 327 g/mol. The SMILES string of the molecule is CCc1ccc(OCC(=O)NCCOc2cc(C)ccc2C)cc1. The molecule has 0 saturated heterocycles. The zero-order chi connectivity index (χ0) is 17.4. The van der Waals surface area contributed by atoms with Gasteiger partial charge in [0.25, 0.3) is 5.91 Å². The van der Waals surface area contributed by atoms with E-state index in [1.165, 1.54) is 5.56 Å². The van der Waals surface area contributed by atoms with Crippen molar-refractivity contribution in [2.45, 2.75) is 27.2 Å². The minimum atomic E-state index is -0.154. The molecule has 0 aliphatic rings. The molecule has 0 aromatic heterocycles. The first-order chi connectivity index (χ1) is 11.6. The smallest absolute Gasteiger partial charge is 0.258 e. The van der Waals surface area contributed by atoms with E-state index in [0.29, 0.717) is 18.9 Å². The molecular weight excluding hydrogens is 302 g/mol. The highest BCUT2D eigenvalue weighted by molar-refractivity contribution is 5.77. The lowest BCUT2D eigenvalue weighted by atomic mass is 10.1. The maximum Gasteiger partial charge on any atom is 0.258 e. The number of carbonyl (C=O) groups is 1. The molecule has 0 aliphatic carbocycles. The molecular formula is C20H25NO3. The van der Waals surface area contributed by atoms with Crippen molar-refractivity contribution in [1.29, 1.82) is 0 Å². The van der Waals surface area contributed by atoms with Gasteiger partial charge < -0.3 is 14.8 Å². The van der Waals surface area contributed by atoms with Gasteiger partial charge in [0.15, 0.2) is 6.61 Å². The summed E-state index contributed by atoms with van der Waals surface area (Å²) in [4.78, 5) is 11.8. The molecule has 0 spiro atoms. The Kier molecular flexibility index (Phi) is 6.67. The van der Waals surface area contributed by atoms with E-state index in [2.05, 4.69) is 12.2 Å². The van der Waals surface area contributed by atoms with Gasteiger partial charge in [-0.05, 0) is 55.2 Å². The molecule has 0 bridgehead atoms. The van der Waals surface area contributed by atoms with Crippen LogP contribution < -0.4 is 14.8 Å². The third-order valence-electron chi connectivity index (χ3n) is 3.73.